The van der Waals surface area contributed by atoms with Gasteiger partial charge >= 0.3 is 19.5 Å². The van der Waals surface area contributed by atoms with Crippen molar-refractivity contribution < 1.29 is 55.5 Å². The van der Waals surface area contributed by atoms with Crippen LogP contribution in [0.3, 0.4) is 0 Å². The molecule has 2 N–H and O–H groups in total. The molecule has 2 fully saturated rings. The van der Waals surface area contributed by atoms with Crippen molar-refractivity contribution in [2.24, 2.45) is 17.8 Å². The highest BCUT2D eigenvalue weighted by atomic mass is 79.9. The van der Waals surface area contributed by atoms with Crippen LogP contribution in [0.1, 0.15) is 35.6 Å². The van der Waals surface area contributed by atoms with E-state index in [2.05, 4.69) is 15.9 Å². The van der Waals surface area contributed by atoms with Gasteiger partial charge in [0, 0.05) is 17.1 Å². The molecule has 15 heteroatoms. The predicted molar refractivity (Wildman–Crippen MR) is 135 cm³/mol. The van der Waals surface area contributed by atoms with Gasteiger partial charge in [0.05, 0.1) is 41.4 Å². The lowest BCUT2D eigenvalue weighted by Gasteiger charge is -2.42. The summed E-state index contributed by atoms with van der Waals surface area (Å²) in [6, 6.07) is 5.10. The maximum Gasteiger partial charge on any atom is 0.487 e. The van der Waals surface area contributed by atoms with E-state index >= 15 is 0 Å². The molecule has 1 aliphatic carbocycles. The van der Waals surface area contributed by atoms with Gasteiger partial charge in [-0.3, -0.25) is 9.59 Å². The van der Waals surface area contributed by atoms with Crippen LogP contribution in [-0.4, -0.2) is 42.8 Å². The minimum Gasteiger partial charge on any atom is -0.508 e. The van der Waals surface area contributed by atoms with Crippen molar-refractivity contribution in [2.45, 2.75) is 31.3 Å². The number of rotatable bonds is 4. The quantitative estimate of drug-likeness (QED) is 0.261. The molecular weight excluding hydrogens is 627 g/mol. The molecule has 2 aliphatic heterocycles. The average Bonchev–Trinajstić information content (AvgIpc) is 3.13. The van der Waals surface area contributed by atoms with E-state index in [1.807, 2.05) is 0 Å². The number of phenolic OH excluding ortho intramolecular Hbond substituents is 1. The summed E-state index contributed by atoms with van der Waals surface area (Å²) in [5.41, 5.74) is -3.20. The van der Waals surface area contributed by atoms with Gasteiger partial charge < -0.3 is 19.5 Å². The van der Waals surface area contributed by atoms with Gasteiger partial charge in [-0.15, -0.1) is 0 Å². The van der Waals surface area contributed by atoms with Crippen LogP contribution in [0.2, 0.25) is 0 Å². The third kappa shape index (κ3) is 5.28. The summed E-state index contributed by atoms with van der Waals surface area (Å²) in [4.78, 5) is 27.7. The lowest BCUT2D eigenvalue weighted by molar-refractivity contribution is -0.143. The first-order chi connectivity index (χ1) is 19.1. The first-order valence-electron chi connectivity index (χ1n) is 12.3. The fraction of sp³-hybridized carbons (Fsp3) is 0.385. The van der Waals surface area contributed by atoms with Crippen LogP contribution in [0.5, 0.6) is 5.75 Å². The van der Waals surface area contributed by atoms with Gasteiger partial charge in [0.25, 0.3) is 0 Å². The molecule has 2 aromatic carbocycles. The van der Waals surface area contributed by atoms with E-state index in [-0.39, 0.29) is 42.3 Å². The Morgan fingerprint density at radius 1 is 1.02 bits per heavy atom. The van der Waals surface area contributed by atoms with Gasteiger partial charge in [0.15, 0.2) is 0 Å². The lowest BCUT2D eigenvalue weighted by atomic mass is 9.55. The third-order valence-corrected chi connectivity index (χ3v) is 8.19. The van der Waals surface area contributed by atoms with Crippen LogP contribution in [0, 0.1) is 17.8 Å². The summed E-state index contributed by atoms with van der Waals surface area (Å²) in [5.74, 6) is -5.34. The van der Waals surface area contributed by atoms with E-state index in [9.17, 15) is 46.1 Å². The second-order valence-electron chi connectivity index (χ2n) is 10.1. The first-order valence-corrected chi connectivity index (χ1v) is 13.1. The number of methoxy groups -OCH3 is 1. The molecule has 2 heterocycles. The van der Waals surface area contributed by atoms with Crippen molar-refractivity contribution in [3.63, 3.8) is 0 Å². The number of fused-ring (bicyclic) bond motifs is 3. The molecule has 2 saturated heterocycles. The van der Waals surface area contributed by atoms with Gasteiger partial charge in [-0.1, -0.05) is 15.9 Å². The summed E-state index contributed by atoms with van der Waals surface area (Å²) in [6.45, 7) is -0.0640. The molecule has 4 atom stereocenters. The van der Waals surface area contributed by atoms with Gasteiger partial charge in [0.2, 0.25) is 11.8 Å². The summed E-state index contributed by atoms with van der Waals surface area (Å²) < 4.78 is 92.8. The lowest BCUT2D eigenvalue weighted by Crippen LogP contribution is -2.45. The smallest absolute Gasteiger partial charge is 0.487 e. The molecular formula is C26H21BBrF6NO6. The van der Waals surface area contributed by atoms with Crippen molar-refractivity contribution in [3.8, 4) is 5.75 Å². The topological polar surface area (TPSA) is 96.3 Å². The van der Waals surface area contributed by atoms with Crippen molar-refractivity contribution in [1.82, 2.24) is 0 Å². The number of aromatic hydroxyl groups is 1. The largest absolute Gasteiger partial charge is 0.508 e. The van der Waals surface area contributed by atoms with E-state index in [1.54, 1.807) is 12.1 Å². The minimum atomic E-state index is -5.18. The third-order valence-electron chi connectivity index (χ3n) is 7.70. The number of halogens is 7. The molecule has 2 amide bonds. The number of nitrogens with zero attached hydrogens (tertiary/aromatic N) is 1. The zero-order valence-electron chi connectivity index (χ0n) is 21.1. The zero-order valence-corrected chi connectivity index (χ0v) is 22.7. The molecule has 0 aromatic heterocycles. The van der Waals surface area contributed by atoms with E-state index < -0.39 is 72.0 Å². The summed E-state index contributed by atoms with van der Waals surface area (Å²) in [5, 5.41) is 21.4. The Bertz CT molecular complexity index is 1410. The summed E-state index contributed by atoms with van der Waals surface area (Å²) in [6.07, 6.45) is -11.5. The fourth-order valence-corrected chi connectivity index (χ4v) is 6.40. The van der Waals surface area contributed by atoms with Gasteiger partial charge in [-0.05, 0) is 66.2 Å². The first kappa shape index (κ1) is 29.6. The molecule has 41 heavy (non-hydrogen) atoms. The minimum absolute atomic E-state index is 0.0198. The van der Waals surface area contributed by atoms with Crippen molar-refractivity contribution in [3.05, 3.63) is 68.6 Å². The number of anilines is 1. The van der Waals surface area contributed by atoms with E-state index in [4.69, 9.17) is 9.39 Å². The number of carbonyl (C=O) groups excluding carboxylic acids is 2. The number of ether oxygens (including phenoxy) is 1. The van der Waals surface area contributed by atoms with Crippen LogP contribution < -0.4 is 4.90 Å². The molecule has 2 aromatic rings. The number of benzene rings is 2. The molecule has 0 spiro atoms. The molecule has 0 saturated carbocycles. The SMILES string of the molecule is COCC1=C2B(O)O[C@H](c3cc(Br)ccc3O)C[C@H]2[C@H]2C(=O)N(c3cc(C(F)(F)F)cc(C(F)(F)F)c3)C(=O)[C@H]2C1. The number of hydrogen-bond donors (Lipinski definition) is 2. The Morgan fingerprint density at radius 2 is 1.66 bits per heavy atom. The molecule has 7 nitrogen and oxygen atoms in total. The zero-order chi connectivity index (χ0) is 30.0. The van der Waals surface area contributed by atoms with Gasteiger partial charge in [-0.2, -0.15) is 26.3 Å². The van der Waals surface area contributed by atoms with Crippen LogP contribution in [0.25, 0.3) is 0 Å². The Kier molecular flexibility index (Phi) is 7.54. The number of phenols is 1. The van der Waals surface area contributed by atoms with Crippen LogP contribution >= 0.6 is 15.9 Å². The highest BCUT2D eigenvalue weighted by Crippen LogP contribution is 2.53. The Hall–Kier alpha value is -2.88. The normalized spacial score (nSPS) is 25.1. The molecule has 0 bridgehead atoms. The monoisotopic (exact) mass is 647 g/mol. The molecule has 5 rings (SSSR count). The molecule has 218 valence electrons. The summed E-state index contributed by atoms with van der Waals surface area (Å²) in [7, 11) is -0.215. The number of carbonyl (C=O) groups is 2. The fourth-order valence-electron chi connectivity index (χ4n) is 6.02. The maximum atomic E-state index is 13.8. The number of allylic oxidation sites excluding steroid dienone is 1. The van der Waals surface area contributed by atoms with Crippen molar-refractivity contribution in [1.29, 1.82) is 0 Å². The number of amides is 2. The predicted octanol–water partition coefficient (Wildman–Crippen LogP) is 5.44. The van der Waals surface area contributed by atoms with Crippen LogP contribution in [0.4, 0.5) is 32.0 Å². The van der Waals surface area contributed by atoms with Crippen molar-refractivity contribution in [2.75, 3.05) is 18.6 Å². The number of alkyl halides is 6. The summed E-state index contributed by atoms with van der Waals surface area (Å²) >= 11 is 3.29. The highest BCUT2D eigenvalue weighted by molar-refractivity contribution is 9.10. The number of hydrogen-bond acceptors (Lipinski definition) is 6. The maximum absolute atomic E-state index is 13.8. The Balaban J connectivity index is 1.60. The van der Waals surface area contributed by atoms with Crippen molar-refractivity contribution >= 4 is 40.6 Å². The van der Waals surface area contributed by atoms with E-state index in [1.165, 1.54) is 13.2 Å². The van der Waals surface area contributed by atoms with Gasteiger partial charge in [-0.25, -0.2) is 4.90 Å². The Labute approximate surface area is 238 Å². The second kappa shape index (κ2) is 10.4. The van der Waals surface area contributed by atoms with E-state index in [0.717, 1.165) is 0 Å². The molecule has 3 aliphatic rings. The van der Waals surface area contributed by atoms with E-state index in [0.29, 0.717) is 27.1 Å². The number of imide groups is 1. The van der Waals surface area contributed by atoms with Gasteiger partial charge in [0.1, 0.15) is 5.75 Å². The molecule has 0 unspecified atom stereocenters. The highest BCUT2D eigenvalue weighted by Gasteiger charge is 2.58. The van der Waals surface area contributed by atoms with Crippen LogP contribution in [0.15, 0.2) is 51.9 Å². The molecule has 0 radical (unpaired) electrons. The average molecular weight is 648 g/mol. The standard InChI is InChI=1S/C26H21BBrF6NO6/c1-40-10-11-4-18-21(17-9-20(41-27(39)22(11)17)16-8-14(28)2-3-19(16)36)24(38)35(23(18)37)15-6-12(25(29,30)31)5-13(7-15)26(32,33)34/h2-3,5-8,17-18,20-21,36,39H,4,9-10H2,1H3/t17-,18-,20-,21+/m0/s1. The second-order valence-corrected chi connectivity index (χ2v) is 11.0. The van der Waals surface area contributed by atoms with Crippen LogP contribution in [-0.2, 0) is 31.3 Å². The Morgan fingerprint density at radius 3 is 2.24 bits per heavy atom.